The Kier molecular flexibility index (Phi) is 8.37. The summed E-state index contributed by atoms with van der Waals surface area (Å²) in [5.41, 5.74) is 5.55. The lowest BCUT2D eigenvalue weighted by molar-refractivity contribution is -0.181. The molecule has 0 radical (unpaired) electrons. The van der Waals surface area contributed by atoms with E-state index in [-0.39, 0.29) is 24.2 Å². The molecule has 0 spiro atoms. The van der Waals surface area contributed by atoms with Crippen LogP contribution in [0.4, 0.5) is 0 Å². The van der Waals surface area contributed by atoms with Gasteiger partial charge in [0.1, 0.15) is 11.5 Å². The maximum atomic E-state index is 14.2. The first-order chi connectivity index (χ1) is 21.9. The van der Waals surface area contributed by atoms with Gasteiger partial charge in [0, 0.05) is 24.1 Å². The molecule has 3 saturated carbocycles. The number of Topliss-reactive ketones (excluding diaryl/α,β-unsaturated/α-hetero) is 4. The van der Waals surface area contributed by atoms with Crippen molar-refractivity contribution in [1.29, 1.82) is 0 Å². The Morgan fingerprint density at radius 3 is 2.41 bits per heavy atom. The summed E-state index contributed by atoms with van der Waals surface area (Å²) in [6, 6.07) is 8.31. The van der Waals surface area contributed by atoms with Gasteiger partial charge in [0.15, 0.2) is 34.7 Å². The van der Waals surface area contributed by atoms with E-state index in [4.69, 9.17) is 10.5 Å². The van der Waals surface area contributed by atoms with Crippen LogP contribution in [0.5, 0.6) is 11.5 Å². The molecule has 2 aromatic rings. The number of nitrogens with zero attached hydrogens (tertiary/aromatic N) is 1. The van der Waals surface area contributed by atoms with Gasteiger partial charge in [-0.15, -0.1) is 0 Å². The third kappa shape index (κ3) is 4.96. The van der Waals surface area contributed by atoms with Gasteiger partial charge in [-0.1, -0.05) is 31.4 Å². The van der Waals surface area contributed by atoms with Gasteiger partial charge >= 0.3 is 0 Å². The van der Waals surface area contributed by atoms with Crippen LogP contribution in [-0.2, 0) is 32.1 Å². The molecule has 6 atom stereocenters. The van der Waals surface area contributed by atoms with Gasteiger partial charge in [0.2, 0.25) is 5.91 Å². The molecule has 0 aliphatic heterocycles. The molecule has 0 aromatic heterocycles. The topological polar surface area (TPSA) is 176 Å². The number of likely N-dealkylation sites (N-methyl/N-ethyl adjacent to an activating group) is 1. The molecule has 46 heavy (non-hydrogen) atoms. The molecular formula is C35H41N3O8. The van der Waals surface area contributed by atoms with Crippen LogP contribution in [0.1, 0.15) is 60.0 Å². The predicted octanol–water partition coefficient (Wildman–Crippen LogP) is 1.96. The molecule has 244 valence electrons. The lowest BCUT2D eigenvalue weighted by Gasteiger charge is -2.52. The molecule has 0 bridgehead atoms. The molecular weight excluding hydrogens is 590 g/mol. The van der Waals surface area contributed by atoms with Gasteiger partial charge in [-0.3, -0.25) is 28.9 Å². The second-order valence-corrected chi connectivity index (χ2v) is 13.5. The molecule has 4 aliphatic rings. The Morgan fingerprint density at radius 1 is 1.04 bits per heavy atom. The number of fused-ring (bicyclic) bond motifs is 3. The fraction of sp³-hybridized carbons (Fsp3) is 0.514. The lowest BCUT2D eigenvalue weighted by Crippen LogP contribution is -2.74. The lowest BCUT2D eigenvalue weighted by atomic mass is 9.52. The van der Waals surface area contributed by atoms with Crippen molar-refractivity contribution < 1.29 is 38.9 Å². The summed E-state index contributed by atoms with van der Waals surface area (Å²) >= 11 is 0. The number of primary amides is 1. The zero-order valence-corrected chi connectivity index (χ0v) is 26.4. The number of aromatic hydroxyl groups is 1. The van der Waals surface area contributed by atoms with Gasteiger partial charge in [-0.2, -0.15) is 0 Å². The van der Waals surface area contributed by atoms with Crippen molar-refractivity contribution in [3.05, 3.63) is 47.0 Å². The Balaban J connectivity index is 1.41. The van der Waals surface area contributed by atoms with Crippen LogP contribution in [0.3, 0.4) is 0 Å². The average molecular weight is 632 g/mol. The first-order valence-corrected chi connectivity index (χ1v) is 16.0. The highest BCUT2D eigenvalue weighted by atomic mass is 16.5. The van der Waals surface area contributed by atoms with Gasteiger partial charge in [-0.25, -0.2) is 0 Å². The summed E-state index contributed by atoms with van der Waals surface area (Å²) in [4.78, 5) is 68.9. The number of benzene rings is 2. The summed E-state index contributed by atoms with van der Waals surface area (Å²) < 4.78 is 5.73. The minimum atomic E-state index is -2.76. The number of ether oxygens (including phenoxy) is 1. The van der Waals surface area contributed by atoms with Crippen LogP contribution in [0.25, 0.3) is 11.1 Å². The Labute approximate surface area is 267 Å². The first kappa shape index (κ1) is 32.0. The Morgan fingerprint density at radius 2 is 1.76 bits per heavy atom. The van der Waals surface area contributed by atoms with E-state index in [9.17, 15) is 34.2 Å². The quantitative estimate of drug-likeness (QED) is 0.331. The highest BCUT2D eigenvalue weighted by molar-refractivity contribution is 6.32. The van der Waals surface area contributed by atoms with Gasteiger partial charge in [0.05, 0.1) is 24.6 Å². The summed E-state index contributed by atoms with van der Waals surface area (Å²) in [6.45, 7) is 0.653. The third-order valence-corrected chi connectivity index (χ3v) is 10.7. The summed E-state index contributed by atoms with van der Waals surface area (Å²) in [6.07, 6.45) is 6.13. The zero-order valence-electron chi connectivity index (χ0n) is 26.4. The maximum absolute atomic E-state index is 14.2. The molecule has 2 unspecified atom stereocenters. The highest BCUT2D eigenvalue weighted by Gasteiger charge is 2.69. The van der Waals surface area contributed by atoms with Crippen molar-refractivity contribution in [2.24, 2.45) is 29.4 Å². The number of phenols is 1. The van der Waals surface area contributed by atoms with E-state index in [1.165, 1.54) is 30.2 Å². The second-order valence-electron chi connectivity index (χ2n) is 13.5. The van der Waals surface area contributed by atoms with Crippen LogP contribution in [0, 0.1) is 23.7 Å². The van der Waals surface area contributed by atoms with E-state index in [0.717, 1.165) is 24.0 Å². The molecule has 1 amide bonds. The number of hydrogen-bond donors (Lipinski definition) is 4. The Hall–Kier alpha value is -3.93. The molecule has 11 heteroatoms. The highest BCUT2D eigenvalue weighted by Crippen LogP contribution is 2.52. The van der Waals surface area contributed by atoms with Crippen molar-refractivity contribution in [2.45, 2.75) is 69.2 Å². The monoisotopic (exact) mass is 631 g/mol. The van der Waals surface area contributed by atoms with Crippen molar-refractivity contribution in [2.75, 3.05) is 21.2 Å². The van der Waals surface area contributed by atoms with E-state index in [1.54, 1.807) is 27.3 Å². The summed E-state index contributed by atoms with van der Waals surface area (Å²) in [5, 5.41) is 26.4. The summed E-state index contributed by atoms with van der Waals surface area (Å²) in [7, 11) is 4.69. The number of aliphatic hydroxyl groups is 1. The van der Waals surface area contributed by atoms with Crippen molar-refractivity contribution >= 4 is 29.0 Å². The van der Waals surface area contributed by atoms with E-state index in [0.29, 0.717) is 29.5 Å². The standard InChI is InChI=1S/C35H41N3O8/c1-38(2)29-23-15-18-14-22-20(21-13-17(9-12-25(21)46-3)16-37-19-7-5-4-6-8-19)10-11-24(39)27(22)30(40)26(18)32(42)35(23,45)33(43)28(31(29)41)34(36)44/h9-13,18-19,23,26,28-29,37,39,45H,4-8,14-16H2,1-3H3,(H2,36,44)/t18-,23-,26?,28?,29-,35-/m1/s1. The minimum Gasteiger partial charge on any atom is -0.507 e. The number of nitrogens with one attached hydrogen (secondary N) is 1. The van der Waals surface area contributed by atoms with Crippen molar-refractivity contribution in [3.8, 4) is 22.6 Å². The average Bonchev–Trinajstić information content (AvgIpc) is 3.02. The molecule has 0 heterocycles. The number of carbonyl (C=O) groups excluding carboxylic acids is 5. The smallest absolute Gasteiger partial charge is 0.235 e. The zero-order chi connectivity index (χ0) is 33.1. The number of carbonyl (C=O) groups is 5. The fourth-order valence-electron chi connectivity index (χ4n) is 8.50. The molecule has 4 aliphatic carbocycles. The number of nitrogens with two attached hydrogens (primary N) is 1. The molecule has 2 aromatic carbocycles. The van der Waals surface area contributed by atoms with Gasteiger partial charge < -0.3 is 26.0 Å². The van der Waals surface area contributed by atoms with Crippen LogP contribution in [-0.4, -0.2) is 83.0 Å². The Bertz CT molecular complexity index is 1630. The van der Waals surface area contributed by atoms with E-state index >= 15 is 0 Å². The van der Waals surface area contributed by atoms with Gasteiger partial charge in [0.25, 0.3) is 0 Å². The number of hydrogen-bond acceptors (Lipinski definition) is 10. The number of phenolic OH excluding ortho intramolecular Hbond substituents is 1. The molecule has 6 rings (SSSR count). The minimum absolute atomic E-state index is 0.0124. The third-order valence-electron chi connectivity index (χ3n) is 10.7. The number of rotatable bonds is 7. The van der Waals surface area contributed by atoms with Crippen LogP contribution < -0.4 is 15.8 Å². The van der Waals surface area contributed by atoms with Crippen LogP contribution in [0.15, 0.2) is 30.3 Å². The van der Waals surface area contributed by atoms with Gasteiger partial charge in [-0.05, 0) is 80.6 Å². The molecule has 3 fully saturated rings. The van der Waals surface area contributed by atoms with Crippen LogP contribution >= 0.6 is 0 Å². The molecule has 0 saturated heterocycles. The predicted molar refractivity (Wildman–Crippen MR) is 167 cm³/mol. The van der Waals surface area contributed by atoms with Crippen LogP contribution in [0.2, 0.25) is 0 Å². The SMILES string of the molecule is COc1ccc(CNC2CCCCC2)cc1-c1ccc(O)c2c1C[C@@H]1C[C@@H]3[C@@H](N(C)C)C(=O)C(C(N)=O)C(=O)[C@]3(O)C(=O)C1C2=O. The van der Waals surface area contributed by atoms with E-state index in [2.05, 4.69) is 5.32 Å². The second kappa shape index (κ2) is 12.0. The number of methoxy groups -OCH3 is 1. The first-order valence-electron chi connectivity index (χ1n) is 16.0. The molecule has 11 nitrogen and oxygen atoms in total. The fourth-order valence-corrected chi connectivity index (χ4v) is 8.50. The van der Waals surface area contributed by atoms with E-state index < -0.39 is 64.4 Å². The van der Waals surface area contributed by atoms with Crippen molar-refractivity contribution in [1.82, 2.24) is 10.2 Å². The number of amides is 1. The normalized spacial score (nSPS) is 29.7. The molecule has 5 N–H and O–H groups in total. The van der Waals surface area contributed by atoms with E-state index in [1.807, 2.05) is 18.2 Å². The maximum Gasteiger partial charge on any atom is 0.235 e. The number of ketones is 4. The largest absolute Gasteiger partial charge is 0.507 e. The summed E-state index contributed by atoms with van der Waals surface area (Å²) in [5.74, 6) is -10.1. The van der Waals surface area contributed by atoms with Crippen molar-refractivity contribution in [3.63, 3.8) is 0 Å².